The van der Waals surface area contributed by atoms with E-state index in [1.165, 1.54) is 37.2 Å². The van der Waals surface area contributed by atoms with Gasteiger partial charge < -0.3 is 4.74 Å². The van der Waals surface area contributed by atoms with Gasteiger partial charge in [-0.25, -0.2) is 5.43 Å². The fourth-order valence-corrected chi connectivity index (χ4v) is 2.62. The molecule has 0 saturated heterocycles. The van der Waals surface area contributed by atoms with Crippen LogP contribution < -0.4 is 10.2 Å². The molecule has 2 aromatic rings. The molecule has 0 aromatic heterocycles. The van der Waals surface area contributed by atoms with Crippen molar-refractivity contribution in [1.82, 2.24) is 5.43 Å². The number of rotatable bonds is 7. The van der Waals surface area contributed by atoms with E-state index >= 15 is 0 Å². The average molecular weight is 359 g/mol. The molecule has 0 atom stereocenters. The zero-order valence-electron chi connectivity index (χ0n) is 13.8. The summed E-state index contributed by atoms with van der Waals surface area (Å²) < 4.78 is 4.93. The normalized spacial score (nSPS) is 10.6. The number of benzene rings is 2. The molecule has 0 saturated carbocycles. The first-order chi connectivity index (χ1) is 12.0. The number of amides is 1. The smallest absolute Gasteiger partial charge is 0.311 e. The minimum absolute atomic E-state index is 0.160. The SMILES string of the molecule is COc1ccc(/C=N/NC(=O)CSc2ccc(C)cc2)cc1[N+](=O)[O-]. The first-order valence-electron chi connectivity index (χ1n) is 7.33. The Hall–Kier alpha value is -2.87. The van der Waals surface area contributed by atoms with Crippen LogP contribution in [0.2, 0.25) is 0 Å². The summed E-state index contributed by atoms with van der Waals surface area (Å²) in [5.41, 5.74) is 3.88. The second-order valence-corrected chi connectivity index (χ2v) is 6.13. The van der Waals surface area contributed by atoms with Gasteiger partial charge in [0.2, 0.25) is 5.91 Å². The van der Waals surface area contributed by atoms with Crippen LogP contribution in [-0.4, -0.2) is 29.9 Å². The summed E-state index contributed by atoms with van der Waals surface area (Å²) in [4.78, 5) is 23.2. The molecule has 7 nitrogen and oxygen atoms in total. The minimum atomic E-state index is -0.535. The fourth-order valence-electron chi connectivity index (χ4n) is 1.92. The third kappa shape index (κ3) is 5.61. The monoisotopic (exact) mass is 359 g/mol. The molecule has 2 aromatic carbocycles. The number of nitrogens with zero attached hydrogens (tertiary/aromatic N) is 2. The van der Waals surface area contributed by atoms with Gasteiger partial charge in [0.05, 0.1) is 24.0 Å². The topological polar surface area (TPSA) is 93.8 Å². The van der Waals surface area contributed by atoms with Crippen LogP contribution in [0.25, 0.3) is 0 Å². The lowest BCUT2D eigenvalue weighted by Gasteiger charge is -2.03. The van der Waals surface area contributed by atoms with Crippen LogP contribution in [0.3, 0.4) is 0 Å². The molecule has 2 rings (SSSR count). The number of carbonyl (C=O) groups is 1. The third-order valence-electron chi connectivity index (χ3n) is 3.19. The van der Waals surface area contributed by atoms with E-state index in [1.807, 2.05) is 31.2 Å². The van der Waals surface area contributed by atoms with Gasteiger partial charge in [-0.2, -0.15) is 5.10 Å². The minimum Gasteiger partial charge on any atom is -0.490 e. The summed E-state index contributed by atoms with van der Waals surface area (Å²) in [7, 11) is 1.36. The van der Waals surface area contributed by atoms with Crippen molar-refractivity contribution in [2.45, 2.75) is 11.8 Å². The number of nitro groups is 1. The molecule has 0 unspecified atom stereocenters. The lowest BCUT2D eigenvalue weighted by Crippen LogP contribution is -2.19. The lowest BCUT2D eigenvalue weighted by atomic mass is 10.2. The van der Waals surface area contributed by atoms with Crippen molar-refractivity contribution in [3.8, 4) is 5.75 Å². The van der Waals surface area contributed by atoms with Gasteiger partial charge in [0.25, 0.3) is 0 Å². The highest BCUT2D eigenvalue weighted by atomic mass is 32.2. The van der Waals surface area contributed by atoms with E-state index in [4.69, 9.17) is 4.74 Å². The van der Waals surface area contributed by atoms with Crippen molar-refractivity contribution in [2.24, 2.45) is 5.10 Å². The van der Waals surface area contributed by atoms with Crippen LogP contribution in [0, 0.1) is 17.0 Å². The molecule has 0 aliphatic heterocycles. The largest absolute Gasteiger partial charge is 0.490 e. The number of nitrogens with one attached hydrogen (secondary N) is 1. The molecule has 8 heteroatoms. The number of ether oxygens (including phenoxy) is 1. The maximum absolute atomic E-state index is 11.8. The molecule has 1 amide bonds. The summed E-state index contributed by atoms with van der Waals surface area (Å²) in [6.07, 6.45) is 1.35. The first kappa shape index (κ1) is 18.5. The average Bonchev–Trinajstić information content (AvgIpc) is 2.61. The van der Waals surface area contributed by atoms with Crippen molar-refractivity contribution < 1.29 is 14.5 Å². The van der Waals surface area contributed by atoms with Crippen LogP contribution >= 0.6 is 11.8 Å². The van der Waals surface area contributed by atoms with E-state index < -0.39 is 4.92 Å². The summed E-state index contributed by atoms with van der Waals surface area (Å²) in [5.74, 6) is 0.133. The third-order valence-corrected chi connectivity index (χ3v) is 4.21. The molecular formula is C17H17N3O4S. The molecular weight excluding hydrogens is 342 g/mol. The fraction of sp³-hybridized carbons (Fsp3) is 0.176. The van der Waals surface area contributed by atoms with Gasteiger partial charge in [-0.15, -0.1) is 11.8 Å². The Balaban J connectivity index is 1.89. The molecule has 0 bridgehead atoms. The number of methoxy groups -OCH3 is 1. The van der Waals surface area contributed by atoms with E-state index in [2.05, 4.69) is 10.5 Å². The van der Waals surface area contributed by atoms with E-state index in [0.29, 0.717) is 5.56 Å². The highest BCUT2D eigenvalue weighted by Crippen LogP contribution is 2.26. The summed E-state index contributed by atoms with van der Waals surface area (Å²) in [5, 5.41) is 14.8. The molecule has 0 spiro atoms. The predicted octanol–water partition coefficient (Wildman–Crippen LogP) is 3.15. The van der Waals surface area contributed by atoms with E-state index in [1.54, 1.807) is 6.07 Å². The van der Waals surface area contributed by atoms with Crippen molar-refractivity contribution in [1.29, 1.82) is 0 Å². The zero-order chi connectivity index (χ0) is 18.2. The maximum Gasteiger partial charge on any atom is 0.311 e. The Bertz CT molecular complexity index is 791. The van der Waals surface area contributed by atoms with E-state index in [0.717, 1.165) is 10.5 Å². The van der Waals surface area contributed by atoms with Gasteiger partial charge in [-0.05, 0) is 31.2 Å². The van der Waals surface area contributed by atoms with Crippen LogP contribution in [0.5, 0.6) is 5.75 Å². The number of hydrazone groups is 1. The van der Waals surface area contributed by atoms with Gasteiger partial charge in [-0.1, -0.05) is 17.7 Å². The molecule has 0 aliphatic rings. The van der Waals surface area contributed by atoms with Crippen LogP contribution in [0.15, 0.2) is 52.5 Å². The Morgan fingerprint density at radius 1 is 1.32 bits per heavy atom. The molecule has 25 heavy (non-hydrogen) atoms. The highest BCUT2D eigenvalue weighted by Gasteiger charge is 2.14. The summed E-state index contributed by atoms with van der Waals surface area (Å²) in [6.45, 7) is 2.00. The van der Waals surface area contributed by atoms with Crippen LogP contribution in [-0.2, 0) is 4.79 Å². The van der Waals surface area contributed by atoms with Gasteiger partial charge >= 0.3 is 5.69 Å². The van der Waals surface area contributed by atoms with Gasteiger partial charge in [-0.3, -0.25) is 14.9 Å². The zero-order valence-corrected chi connectivity index (χ0v) is 14.6. The maximum atomic E-state index is 11.8. The van der Waals surface area contributed by atoms with Crippen molar-refractivity contribution in [3.63, 3.8) is 0 Å². The van der Waals surface area contributed by atoms with Gasteiger partial charge in [0.1, 0.15) is 0 Å². The molecule has 0 heterocycles. The number of thioether (sulfide) groups is 1. The van der Waals surface area contributed by atoms with Crippen LogP contribution in [0.1, 0.15) is 11.1 Å². The van der Waals surface area contributed by atoms with Crippen molar-refractivity contribution in [2.75, 3.05) is 12.9 Å². The quantitative estimate of drug-likeness (QED) is 0.355. The van der Waals surface area contributed by atoms with Gasteiger partial charge in [0, 0.05) is 16.5 Å². The number of hydrogen-bond donors (Lipinski definition) is 1. The second kappa shape index (κ2) is 8.84. The number of hydrogen-bond acceptors (Lipinski definition) is 6. The Labute approximate surface area is 149 Å². The lowest BCUT2D eigenvalue weighted by molar-refractivity contribution is -0.385. The number of nitro benzene ring substituents is 1. The Morgan fingerprint density at radius 2 is 2.04 bits per heavy atom. The van der Waals surface area contributed by atoms with Crippen LogP contribution in [0.4, 0.5) is 5.69 Å². The summed E-state index contributed by atoms with van der Waals surface area (Å²) in [6, 6.07) is 12.3. The van der Waals surface area contributed by atoms with Crippen molar-refractivity contribution >= 4 is 29.6 Å². The molecule has 130 valence electrons. The Morgan fingerprint density at radius 3 is 2.68 bits per heavy atom. The molecule has 0 aliphatic carbocycles. The first-order valence-corrected chi connectivity index (χ1v) is 8.32. The van der Waals surface area contributed by atoms with E-state index in [-0.39, 0.29) is 23.1 Å². The van der Waals surface area contributed by atoms with E-state index in [9.17, 15) is 14.9 Å². The standard InChI is InChI=1S/C17H17N3O4S/c1-12-3-6-14(7-4-12)25-11-17(21)19-18-10-13-5-8-16(24-2)15(9-13)20(22)23/h3-10H,11H2,1-2H3,(H,19,21)/b18-10+. The molecule has 1 N–H and O–H groups in total. The Kier molecular flexibility index (Phi) is 6.53. The number of carbonyl (C=O) groups excluding carboxylic acids is 1. The van der Waals surface area contributed by atoms with Gasteiger partial charge in [0.15, 0.2) is 5.75 Å². The predicted molar refractivity (Wildman–Crippen MR) is 97.3 cm³/mol. The van der Waals surface area contributed by atoms with Crippen molar-refractivity contribution in [3.05, 3.63) is 63.7 Å². The molecule has 0 fully saturated rings. The summed E-state index contributed by atoms with van der Waals surface area (Å²) >= 11 is 1.40. The number of aryl methyl sites for hydroxylation is 1. The second-order valence-electron chi connectivity index (χ2n) is 5.08. The molecule has 0 radical (unpaired) electrons. The highest BCUT2D eigenvalue weighted by molar-refractivity contribution is 8.00.